The first kappa shape index (κ1) is 34.1. The van der Waals surface area contributed by atoms with Crippen LogP contribution in [0.25, 0.3) is 0 Å². The minimum atomic E-state index is -1.56. The summed E-state index contributed by atoms with van der Waals surface area (Å²) in [6.45, 7) is 0.834. The molecule has 2 unspecified atom stereocenters. The quantitative estimate of drug-likeness (QED) is 0.147. The average molecular weight is 701 g/mol. The number of carbonyl (C=O) groups is 6. The number of thiazole rings is 1. The van der Waals surface area contributed by atoms with Crippen molar-refractivity contribution < 1.29 is 53.2 Å². The molecule has 2 aromatic rings. The molecule has 6 N–H and O–H groups in total. The molecule has 0 saturated carbocycles. The van der Waals surface area contributed by atoms with Gasteiger partial charge in [-0.25, -0.2) is 14.8 Å². The molecule has 1 aromatic heterocycles. The van der Waals surface area contributed by atoms with Crippen LogP contribution < -0.4 is 21.1 Å². The number of nitrogens with zero attached hydrogens (tertiary/aromatic N) is 3. The number of nitrogens with two attached hydrogens (primary N) is 1. The van der Waals surface area contributed by atoms with E-state index in [1.165, 1.54) is 12.5 Å². The average Bonchev–Trinajstić information content (AvgIpc) is 3.50. The maximum atomic E-state index is 13.5. The Kier molecular flexibility index (Phi) is 10.1. The number of β-lactam (4-membered cyclic amide) rings is 1. The summed E-state index contributed by atoms with van der Waals surface area (Å²) in [4.78, 5) is 84.9. The Morgan fingerprint density at radius 3 is 2.52 bits per heavy atom. The second-order valence-corrected chi connectivity index (χ2v) is 12.4. The molecule has 1 saturated heterocycles. The minimum Gasteiger partial charge on any atom is -0.503 e. The lowest BCUT2D eigenvalue weighted by atomic mass is 10.0. The van der Waals surface area contributed by atoms with Crippen LogP contribution >= 0.6 is 23.1 Å². The van der Waals surface area contributed by atoms with E-state index in [1.807, 2.05) is 0 Å². The monoisotopic (exact) mass is 700 g/mol. The van der Waals surface area contributed by atoms with Crippen molar-refractivity contribution in [3.63, 3.8) is 0 Å². The van der Waals surface area contributed by atoms with Crippen molar-refractivity contribution in [2.24, 2.45) is 4.99 Å². The smallest absolute Gasteiger partial charge is 0.352 e. The fraction of sp³-hybridized carbons (Fsp3) is 0.310. The number of benzene rings is 1. The fourth-order valence-corrected chi connectivity index (χ4v) is 6.76. The molecule has 0 spiro atoms. The van der Waals surface area contributed by atoms with Crippen molar-refractivity contribution in [2.45, 2.75) is 37.1 Å². The van der Waals surface area contributed by atoms with Crippen LogP contribution in [0.5, 0.6) is 5.75 Å². The van der Waals surface area contributed by atoms with E-state index in [4.69, 9.17) is 19.9 Å². The Bertz CT molecular complexity index is 1770. The number of Topliss-reactive ketones (excluding diaryl/α,β-unsaturated/α-hetero) is 1. The molecule has 252 valence electrons. The molecule has 3 aliphatic heterocycles. The number of fused-ring (bicyclic) bond motifs is 1. The van der Waals surface area contributed by atoms with Crippen LogP contribution in [0.4, 0.5) is 5.13 Å². The summed E-state index contributed by atoms with van der Waals surface area (Å²) in [6.07, 6.45) is -0.248. The highest BCUT2D eigenvalue weighted by atomic mass is 32.2. The van der Waals surface area contributed by atoms with Gasteiger partial charge in [0, 0.05) is 29.8 Å². The summed E-state index contributed by atoms with van der Waals surface area (Å²) in [5.74, 6) is -6.01. The predicted molar refractivity (Wildman–Crippen MR) is 168 cm³/mol. The van der Waals surface area contributed by atoms with Gasteiger partial charge in [0.1, 0.15) is 29.5 Å². The Balaban J connectivity index is 1.27. The third-order valence-corrected chi connectivity index (χ3v) is 9.26. The van der Waals surface area contributed by atoms with Crippen molar-refractivity contribution in [1.82, 2.24) is 20.5 Å². The van der Waals surface area contributed by atoms with Gasteiger partial charge in [0.2, 0.25) is 11.7 Å². The third kappa shape index (κ3) is 7.02. The molecule has 4 atom stereocenters. The van der Waals surface area contributed by atoms with Gasteiger partial charge >= 0.3 is 11.9 Å². The second-order valence-electron chi connectivity index (χ2n) is 10.4. The van der Waals surface area contributed by atoms with Crippen LogP contribution in [0.15, 0.2) is 57.4 Å². The van der Waals surface area contributed by atoms with Crippen LogP contribution in [0.1, 0.15) is 24.2 Å². The van der Waals surface area contributed by atoms with E-state index in [1.54, 1.807) is 24.3 Å². The van der Waals surface area contributed by atoms with Crippen LogP contribution in [0.3, 0.4) is 0 Å². The molecule has 3 aliphatic rings. The lowest BCUT2D eigenvalue weighted by Crippen LogP contribution is -2.71. The number of carboxylic acids is 1. The van der Waals surface area contributed by atoms with E-state index >= 15 is 0 Å². The lowest BCUT2D eigenvalue weighted by molar-refractivity contribution is -0.151. The van der Waals surface area contributed by atoms with Gasteiger partial charge < -0.3 is 40.8 Å². The van der Waals surface area contributed by atoms with Crippen LogP contribution in [0, 0.1) is 0 Å². The number of aliphatic carboxylic acids is 1. The summed E-state index contributed by atoms with van der Waals surface area (Å²) in [5.41, 5.74) is 5.63. The van der Waals surface area contributed by atoms with Gasteiger partial charge in [-0.3, -0.25) is 28.9 Å². The molecular weight excluding hydrogens is 672 g/mol. The summed E-state index contributed by atoms with van der Waals surface area (Å²) < 4.78 is 15.6. The zero-order chi connectivity index (χ0) is 34.7. The Morgan fingerprint density at radius 2 is 1.90 bits per heavy atom. The van der Waals surface area contributed by atoms with Gasteiger partial charge in [0.25, 0.3) is 11.8 Å². The van der Waals surface area contributed by atoms with E-state index in [2.05, 4.69) is 20.6 Å². The van der Waals surface area contributed by atoms with Crippen LogP contribution in [-0.4, -0.2) is 98.7 Å². The molecule has 4 heterocycles. The number of ether oxygens (including phenoxy) is 3. The number of esters is 1. The van der Waals surface area contributed by atoms with Gasteiger partial charge in [-0.15, -0.1) is 23.1 Å². The molecule has 3 amide bonds. The number of aliphatic hydroxyl groups excluding tert-OH is 1. The summed E-state index contributed by atoms with van der Waals surface area (Å²) in [7, 11) is 1.52. The number of rotatable bonds is 12. The molecule has 0 aliphatic carbocycles. The highest BCUT2D eigenvalue weighted by molar-refractivity contribution is 8.00. The first-order valence-corrected chi connectivity index (χ1v) is 15.9. The van der Waals surface area contributed by atoms with Crippen molar-refractivity contribution in [1.29, 1.82) is 0 Å². The molecule has 17 nitrogen and oxygen atoms in total. The van der Waals surface area contributed by atoms with Crippen LogP contribution in [0.2, 0.25) is 0 Å². The zero-order valence-corrected chi connectivity index (χ0v) is 26.8. The maximum absolute atomic E-state index is 13.5. The molecular formula is C29H28N6O11S2. The van der Waals surface area contributed by atoms with Crippen molar-refractivity contribution in [3.05, 3.63) is 63.6 Å². The highest BCUT2D eigenvalue weighted by Gasteiger charge is 2.54. The molecule has 1 aromatic carbocycles. The standard InChI is InChI=1S/C29H28N6O11S2/c1-12(36)45-9-14-10-47-27-20(26(41)35(27)21(14)28(42)43)34-24(39)18(16-11-48-29(30)32-16)33-25(40)19-23(38)22(37)17(7-31-19)46-8-13-3-5-15(44-2)6-4-13/h3-7,11,17-18,20,27,38H,8-10H2,1-2H3,(H2,30,32)(H,33,40)(H,34,39)(H,42,43)/t17?,18?,20-,27-/m1/s1. The first-order valence-electron chi connectivity index (χ1n) is 14.0. The van der Waals surface area contributed by atoms with Crippen molar-refractivity contribution in [3.8, 4) is 5.75 Å². The normalized spacial score (nSPS) is 20.9. The number of ketones is 1. The van der Waals surface area contributed by atoms with Gasteiger partial charge in [-0.1, -0.05) is 12.1 Å². The molecule has 0 radical (unpaired) electrons. The second kappa shape index (κ2) is 14.2. The van der Waals surface area contributed by atoms with Gasteiger partial charge in [-0.05, 0) is 17.7 Å². The Hall–Kier alpha value is -5.27. The topological polar surface area (TPSA) is 249 Å². The van der Waals surface area contributed by atoms with Gasteiger partial charge in [-0.2, -0.15) is 0 Å². The number of carboxylic acid groups (broad SMARTS) is 1. The summed E-state index contributed by atoms with van der Waals surface area (Å²) >= 11 is 2.11. The number of aliphatic imine (C=N–C) groups is 1. The number of methoxy groups -OCH3 is 1. The summed E-state index contributed by atoms with van der Waals surface area (Å²) in [6, 6.07) is 4.10. The lowest BCUT2D eigenvalue weighted by Gasteiger charge is -2.49. The number of aromatic nitrogens is 1. The largest absolute Gasteiger partial charge is 0.503 e. The van der Waals surface area contributed by atoms with E-state index in [0.29, 0.717) is 11.3 Å². The Labute approximate surface area is 279 Å². The molecule has 19 heteroatoms. The highest BCUT2D eigenvalue weighted by Crippen LogP contribution is 2.40. The van der Waals surface area contributed by atoms with E-state index in [-0.39, 0.29) is 41.1 Å². The number of carbonyl (C=O) groups excluding carboxylic acids is 5. The fourth-order valence-electron chi connectivity index (χ4n) is 4.84. The Morgan fingerprint density at radius 1 is 1.17 bits per heavy atom. The first-order chi connectivity index (χ1) is 22.9. The third-order valence-electron chi connectivity index (χ3n) is 7.23. The van der Waals surface area contributed by atoms with Crippen LogP contribution in [-0.2, 0) is 44.8 Å². The molecule has 48 heavy (non-hydrogen) atoms. The van der Waals surface area contributed by atoms with E-state index in [0.717, 1.165) is 41.1 Å². The number of nitrogen functional groups attached to an aromatic ring is 1. The molecule has 1 fully saturated rings. The number of thioether (sulfide) groups is 1. The number of aliphatic hydroxyl groups is 1. The number of hydrogen-bond donors (Lipinski definition) is 5. The molecule has 5 rings (SSSR count). The van der Waals surface area contributed by atoms with Gasteiger partial charge in [0.05, 0.1) is 19.4 Å². The number of amides is 3. The van der Waals surface area contributed by atoms with E-state index in [9.17, 15) is 39.0 Å². The van der Waals surface area contributed by atoms with Crippen molar-refractivity contribution >= 4 is 69.9 Å². The number of anilines is 1. The number of nitrogens with one attached hydrogen (secondary N) is 2. The van der Waals surface area contributed by atoms with Crippen molar-refractivity contribution in [2.75, 3.05) is 25.2 Å². The zero-order valence-electron chi connectivity index (χ0n) is 25.2. The van der Waals surface area contributed by atoms with E-state index < -0.39 is 70.5 Å². The van der Waals surface area contributed by atoms with Gasteiger partial charge in [0.15, 0.2) is 28.7 Å². The SMILES string of the molecule is COc1ccc(COC2C=NC(C(=O)NC(C(=O)N[C@@H]3C(=O)N4C(C(=O)O)=C(COC(C)=O)CS[C@H]34)c3csc(N)n3)=C(O)C2=O)cc1. The molecule has 0 bridgehead atoms. The maximum Gasteiger partial charge on any atom is 0.352 e. The minimum absolute atomic E-state index is 0.00929. The predicted octanol–water partition coefficient (Wildman–Crippen LogP) is 0.201. The number of hydrogen-bond acceptors (Lipinski definition) is 15. The summed E-state index contributed by atoms with van der Waals surface area (Å²) in [5, 5.41) is 25.9.